The number of nitrogens with one attached hydrogen (secondary N) is 1. The number of urea groups is 1. The van der Waals surface area contributed by atoms with Crippen molar-refractivity contribution in [2.75, 3.05) is 52.9 Å². The highest BCUT2D eigenvalue weighted by molar-refractivity contribution is 5.76. The molecule has 0 saturated carbocycles. The highest BCUT2D eigenvalue weighted by atomic mass is 16.2. The van der Waals surface area contributed by atoms with Crippen molar-refractivity contribution in [2.24, 2.45) is 5.92 Å². The summed E-state index contributed by atoms with van der Waals surface area (Å²) in [7, 11) is 1.93. The van der Waals surface area contributed by atoms with Crippen LogP contribution >= 0.6 is 0 Å². The first kappa shape index (κ1) is 14.6. The number of nitrogens with zero attached hydrogens (tertiary/aromatic N) is 3. The average Bonchev–Trinajstić information content (AvgIpc) is 2.68. The molecule has 1 N–H and O–H groups in total. The Morgan fingerprint density at radius 3 is 2.53 bits per heavy atom. The molecule has 2 rings (SSSR count). The standard InChI is InChI=1S/C14H28N4O/c1-12(2)13-11-18(14(19)16(13)3)8-4-7-17-9-5-15-6-10-17/h12-13,15H,4-11H2,1-3H3. The van der Waals surface area contributed by atoms with Gasteiger partial charge in [-0.1, -0.05) is 13.8 Å². The fourth-order valence-electron chi connectivity index (χ4n) is 3.06. The second kappa shape index (κ2) is 6.57. The number of carbonyl (C=O) groups excluding carboxylic acids is 1. The molecule has 0 aromatic rings. The predicted octanol–water partition coefficient (Wildman–Crippen LogP) is 0.674. The van der Waals surface area contributed by atoms with E-state index in [0.717, 1.165) is 52.2 Å². The minimum atomic E-state index is 0.207. The number of likely N-dealkylation sites (N-methyl/N-ethyl adjacent to an activating group) is 1. The van der Waals surface area contributed by atoms with Crippen LogP contribution in [0.1, 0.15) is 20.3 Å². The second-order valence-corrected chi connectivity index (χ2v) is 6.10. The number of hydrogen-bond acceptors (Lipinski definition) is 3. The maximum atomic E-state index is 12.1. The summed E-state index contributed by atoms with van der Waals surface area (Å²) >= 11 is 0. The third-order valence-electron chi connectivity index (χ3n) is 4.36. The van der Waals surface area contributed by atoms with Gasteiger partial charge in [0.15, 0.2) is 0 Å². The maximum Gasteiger partial charge on any atom is 0.320 e. The summed E-state index contributed by atoms with van der Waals surface area (Å²) in [6, 6.07) is 0.589. The van der Waals surface area contributed by atoms with Crippen LogP contribution in [-0.2, 0) is 0 Å². The average molecular weight is 268 g/mol. The molecule has 2 amide bonds. The molecule has 0 aliphatic carbocycles. The van der Waals surface area contributed by atoms with Crippen molar-refractivity contribution in [1.82, 2.24) is 20.0 Å². The van der Waals surface area contributed by atoms with Crippen LogP contribution in [0.25, 0.3) is 0 Å². The second-order valence-electron chi connectivity index (χ2n) is 6.10. The van der Waals surface area contributed by atoms with Crippen molar-refractivity contribution in [3.05, 3.63) is 0 Å². The maximum absolute atomic E-state index is 12.1. The van der Waals surface area contributed by atoms with Gasteiger partial charge in [-0.05, 0) is 18.9 Å². The van der Waals surface area contributed by atoms with Gasteiger partial charge in [0, 0.05) is 46.3 Å². The third-order valence-corrected chi connectivity index (χ3v) is 4.36. The molecule has 0 radical (unpaired) electrons. The van der Waals surface area contributed by atoms with E-state index < -0.39 is 0 Å². The molecule has 110 valence electrons. The molecule has 5 heteroatoms. The van der Waals surface area contributed by atoms with Crippen LogP contribution in [0.15, 0.2) is 0 Å². The van der Waals surface area contributed by atoms with Crippen LogP contribution in [0, 0.1) is 5.92 Å². The number of amides is 2. The monoisotopic (exact) mass is 268 g/mol. The smallest absolute Gasteiger partial charge is 0.320 e. The van der Waals surface area contributed by atoms with Crippen LogP contribution in [0.2, 0.25) is 0 Å². The Balaban J connectivity index is 1.72. The molecule has 2 heterocycles. The van der Waals surface area contributed by atoms with E-state index in [2.05, 4.69) is 24.1 Å². The van der Waals surface area contributed by atoms with Crippen LogP contribution in [0.4, 0.5) is 4.79 Å². The van der Waals surface area contributed by atoms with Crippen LogP contribution < -0.4 is 5.32 Å². The first-order valence-corrected chi connectivity index (χ1v) is 7.54. The molecule has 2 saturated heterocycles. The van der Waals surface area contributed by atoms with Gasteiger partial charge < -0.3 is 20.0 Å². The molecule has 2 fully saturated rings. The van der Waals surface area contributed by atoms with Gasteiger partial charge in [0.05, 0.1) is 6.04 Å². The van der Waals surface area contributed by atoms with Crippen molar-refractivity contribution < 1.29 is 4.79 Å². The fourth-order valence-corrected chi connectivity index (χ4v) is 3.06. The Morgan fingerprint density at radius 2 is 1.95 bits per heavy atom. The summed E-state index contributed by atoms with van der Waals surface area (Å²) in [4.78, 5) is 18.6. The molecule has 1 atom stereocenters. The van der Waals surface area contributed by atoms with Gasteiger partial charge in [0.1, 0.15) is 0 Å². The van der Waals surface area contributed by atoms with Gasteiger partial charge in [-0.15, -0.1) is 0 Å². The van der Waals surface area contributed by atoms with Gasteiger partial charge in [-0.2, -0.15) is 0 Å². The molecular formula is C14H28N4O. The number of carbonyl (C=O) groups is 1. The molecule has 0 aromatic heterocycles. The molecular weight excluding hydrogens is 240 g/mol. The first-order valence-electron chi connectivity index (χ1n) is 7.54. The first-order chi connectivity index (χ1) is 9.09. The summed E-state index contributed by atoms with van der Waals surface area (Å²) in [5.74, 6) is 0.534. The molecule has 0 aromatic carbocycles. The lowest BCUT2D eigenvalue weighted by molar-refractivity contribution is 0.187. The normalized spacial score (nSPS) is 25.7. The Kier molecular flexibility index (Phi) is 5.05. The highest BCUT2D eigenvalue weighted by Crippen LogP contribution is 2.20. The SMILES string of the molecule is CC(C)C1CN(CCCN2CCNCC2)C(=O)N1C. The van der Waals surface area contributed by atoms with Crippen molar-refractivity contribution in [2.45, 2.75) is 26.3 Å². The molecule has 5 nitrogen and oxygen atoms in total. The van der Waals surface area contributed by atoms with E-state index in [-0.39, 0.29) is 6.03 Å². The number of rotatable bonds is 5. The Bertz CT molecular complexity index is 302. The highest BCUT2D eigenvalue weighted by Gasteiger charge is 2.35. The van der Waals surface area contributed by atoms with Crippen molar-refractivity contribution in [3.63, 3.8) is 0 Å². The van der Waals surface area contributed by atoms with Crippen LogP contribution in [0.3, 0.4) is 0 Å². The zero-order valence-electron chi connectivity index (χ0n) is 12.6. The van der Waals surface area contributed by atoms with Gasteiger partial charge in [0.25, 0.3) is 0 Å². The molecule has 2 aliphatic rings. The van der Waals surface area contributed by atoms with Crippen molar-refractivity contribution in [3.8, 4) is 0 Å². The zero-order valence-corrected chi connectivity index (χ0v) is 12.6. The fraction of sp³-hybridized carbons (Fsp3) is 0.929. The zero-order chi connectivity index (χ0) is 13.8. The van der Waals surface area contributed by atoms with E-state index in [0.29, 0.717) is 12.0 Å². The molecule has 1 unspecified atom stereocenters. The van der Waals surface area contributed by atoms with Gasteiger partial charge in [-0.25, -0.2) is 4.79 Å². The van der Waals surface area contributed by atoms with E-state index in [1.807, 2.05) is 16.8 Å². The quantitative estimate of drug-likeness (QED) is 0.797. The summed E-state index contributed by atoms with van der Waals surface area (Å²) in [5, 5.41) is 3.36. The summed E-state index contributed by atoms with van der Waals surface area (Å²) in [6.45, 7) is 11.8. The van der Waals surface area contributed by atoms with Gasteiger partial charge in [0.2, 0.25) is 0 Å². The third kappa shape index (κ3) is 3.60. The van der Waals surface area contributed by atoms with Crippen LogP contribution in [0.5, 0.6) is 0 Å². The minimum Gasteiger partial charge on any atom is -0.323 e. The molecule has 0 bridgehead atoms. The predicted molar refractivity (Wildman–Crippen MR) is 77.3 cm³/mol. The summed E-state index contributed by atoms with van der Waals surface area (Å²) in [5.41, 5.74) is 0. The van der Waals surface area contributed by atoms with E-state index in [4.69, 9.17) is 0 Å². The number of hydrogen-bond donors (Lipinski definition) is 1. The van der Waals surface area contributed by atoms with E-state index in [1.165, 1.54) is 0 Å². The van der Waals surface area contributed by atoms with Crippen LogP contribution in [-0.4, -0.2) is 79.6 Å². The van der Waals surface area contributed by atoms with E-state index in [1.54, 1.807) is 0 Å². The topological polar surface area (TPSA) is 38.8 Å². The minimum absolute atomic E-state index is 0.207. The van der Waals surface area contributed by atoms with Gasteiger partial charge >= 0.3 is 6.03 Å². The largest absolute Gasteiger partial charge is 0.323 e. The van der Waals surface area contributed by atoms with Crippen molar-refractivity contribution >= 4 is 6.03 Å². The Hall–Kier alpha value is -0.810. The lowest BCUT2D eigenvalue weighted by Gasteiger charge is -2.27. The number of piperazine rings is 1. The van der Waals surface area contributed by atoms with Crippen molar-refractivity contribution in [1.29, 1.82) is 0 Å². The molecule has 2 aliphatic heterocycles. The Labute approximate surface area is 116 Å². The van der Waals surface area contributed by atoms with E-state index in [9.17, 15) is 4.79 Å². The lowest BCUT2D eigenvalue weighted by Crippen LogP contribution is -2.44. The molecule has 19 heavy (non-hydrogen) atoms. The van der Waals surface area contributed by atoms with Gasteiger partial charge in [-0.3, -0.25) is 0 Å². The summed E-state index contributed by atoms with van der Waals surface area (Å²) in [6.07, 6.45) is 1.09. The molecule has 0 spiro atoms. The summed E-state index contributed by atoms with van der Waals surface area (Å²) < 4.78 is 0. The van der Waals surface area contributed by atoms with E-state index >= 15 is 0 Å². The Morgan fingerprint density at radius 1 is 1.26 bits per heavy atom. The lowest BCUT2D eigenvalue weighted by atomic mass is 10.0.